The number of carboxylic acids is 1. The Morgan fingerprint density at radius 2 is 2.11 bits per heavy atom. The van der Waals surface area contributed by atoms with E-state index in [4.69, 9.17) is 15.6 Å². The number of hydrogen-bond acceptors (Lipinski definition) is 4. The van der Waals surface area contributed by atoms with E-state index in [2.05, 4.69) is 5.32 Å². The van der Waals surface area contributed by atoms with Gasteiger partial charge in [0.25, 0.3) is 0 Å². The molecular weight excluding hydrogens is 236 g/mol. The van der Waals surface area contributed by atoms with Gasteiger partial charge in [0.2, 0.25) is 5.91 Å². The van der Waals surface area contributed by atoms with Gasteiger partial charge in [-0.05, 0) is 25.7 Å². The Labute approximate surface area is 106 Å². The SMILES string of the molecule is NCC1(C(=O)NCC2CCC(C(=O)O)O2)CCC1. The fourth-order valence-electron chi connectivity index (χ4n) is 2.56. The van der Waals surface area contributed by atoms with Crippen molar-refractivity contribution in [1.29, 1.82) is 0 Å². The summed E-state index contributed by atoms with van der Waals surface area (Å²) in [5.41, 5.74) is 5.26. The first-order chi connectivity index (χ1) is 8.57. The van der Waals surface area contributed by atoms with Crippen LogP contribution in [-0.2, 0) is 14.3 Å². The molecule has 4 N–H and O–H groups in total. The number of carboxylic acid groups (broad SMARTS) is 1. The Kier molecular flexibility index (Phi) is 3.87. The van der Waals surface area contributed by atoms with Gasteiger partial charge >= 0.3 is 5.97 Å². The van der Waals surface area contributed by atoms with Crippen LogP contribution in [0.4, 0.5) is 0 Å². The lowest BCUT2D eigenvalue weighted by Gasteiger charge is -2.39. The van der Waals surface area contributed by atoms with Crippen LogP contribution < -0.4 is 11.1 Å². The minimum atomic E-state index is -0.929. The molecule has 0 aromatic rings. The molecule has 1 saturated heterocycles. The van der Waals surface area contributed by atoms with Crippen LogP contribution in [0.3, 0.4) is 0 Å². The summed E-state index contributed by atoms with van der Waals surface area (Å²) >= 11 is 0. The molecule has 0 bridgehead atoms. The standard InChI is InChI=1S/C12H20N2O4/c13-7-12(4-1-5-12)11(17)14-6-8-2-3-9(18-8)10(15)16/h8-9H,1-7,13H2,(H,14,17)(H,15,16). The van der Waals surface area contributed by atoms with Crippen molar-refractivity contribution < 1.29 is 19.4 Å². The molecule has 1 amide bonds. The van der Waals surface area contributed by atoms with Crippen molar-refractivity contribution in [3.8, 4) is 0 Å². The summed E-state index contributed by atoms with van der Waals surface area (Å²) < 4.78 is 5.33. The summed E-state index contributed by atoms with van der Waals surface area (Å²) in [6.45, 7) is 0.756. The van der Waals surface area contributed by atoms with Gasteiger partial charge in [0.15, 0.2) is 6.10 Å². The van der Waals surface area contributed by atoms with E-state index in [1.165, 1.54) is 0 Å². The molecule has 2 unspecified atom stereocenters. The van der Waals surface area contributed by atoms with Crippen LogP contribution in [-0.4, -0.2) is 42.3 Å². The third kappa shape index (κ3) is 2.49. The summed E-state index contributed by atoms with van der Waals surface area (Å²) in [6, 6.07) is 0. The molecule has 1 saturated carbocycles. The minimum Gasteiger partial charge on any atom is -0.479 e. The molecule has 0 aromatic heterocycles. The normalized spacial score (nSPS) is 29.6. The number of nitrogens with one attached hydrogen (secondary N) is 1. The molecule has 0 spiro atoms. The van der Waals surface area contributed by atoms with E-state index in [1.807, 2.05) is 0 Å². The number of hydrogen-bond donors (Lipinski definition) is 3. The molecule has 1 heterocycles. The second kappa shape index (κ2) is 5.24. The number of carbonyl (C=O) groups excluding carboxylic acids is 1. The second-order valence-corrected chi connectivity index (χ2v) is 5.21. The van der Waals surface area contributed by atoms with Crippen molar-refractivity contribution in [2.24, 2.45) is 11.1 Å². The van der Waals surface area contributed by atoms with E-state index in [0.29, 0.717) is 25.9 Å². The average Bonchev–Trinajstić information content (AvgIpc) is 2.74. The van der Waals surface area contributed by atoms with Crippen molar-refractivity contribution in [2.75, 3.05) is 13.1 Å². The van der Waals surface area contributed by atoms with Crippen LogP contribution in [0.5, 0.6) is 0 Å². The van der Waals surface area contributed by atoms with Crippen LogP contribution in [0.2, 0.25) is 0 Å². The number of ether oxygens (including phenoxy) is 1. The zero-order chi connectivity index (χ0) is 13.2. The largest absolute Gasteiger partial charge is 0.479 e. The highest BCUT2D eigenvalue weighted by Gasteiger charge is 2.43. The van der Waals surface area contributed by atoms with Gasteiger partial charge in [-0.1, -0.05) is 6.42 Å². The van der Waals surface area contributed by atoms with Gasteiger partial charge in [-0.3, -0.25) is 4.79 Å². The molecule has 2 fully saturated rings. The number of nitrogens with two attached hydrogens (primary N) is 1. The van der Waals surface area contributed by atoms with Crippen LogP contribution >= 0.6 is 0 Å². The lowest BCUT2D eigenvalue weighted by molar-refractivity contribution is -0.149. The summed E-state index contributed by atoms with van der Waals surface area (Å²) in [7, 11) is 0. The van der Waals surface area contributed by atoms with E-state index in [9.17, 15) is 9.59 Å². The summed E-state index contributed by atoms with van der Waals surface area (Å²) in [4.78, 5) is 22.7. The van der Waals surface area contributed by atoms with Gasteiger partial charge in [-0.15, -0.1) is 0 Å². The Morgan fingerprint density at radius 3 is 2.56 bits per heavy atom. The van der Waals surface area contributed by atoms with Gasteiger partial charge in [-0.25, -0.2) is 4.79 Å². The van der Waals surface area contributed by atoms with Gasteiger partial charge in [-0.2, -0.15) is 0 Å². The number of carbonyl (C=O) groups is 2. The Bertz CT molecular complexity index is 335. The average molecular weight is 256 g/mol. The first-order valence-corrected chi connectivity index (χ1v) is 6.44. The molecule has 0 aromatic carbocycles. The first kappa shape index (κ1) is 13.3. The minimum absolute atomic E-state index is 0.0152. The van der Waals surface area contributed by atoms with E-state index < -0.39 is 12.1 Å². The first-order valence-electron chi connectivity index (χ1n) is 6.44. The van der Waals surface area contributed by atoms with Crippen molar-refractivity contribution in [3.63, 3.8) is 0 Å². The zero-order valence-electron chi connectivity index (χ0n) is 10.4. The highest BCUT2D eigenvalue weighted by Crippen LogP contribution is 2.40. The van der Waals surface area contributed by atoms with Crippen molar-refractivity contribution in [2.45, 2.75) is 44.3 Å². The quantitative estimate of drug-likeness (QED) is 0.635. The van der Waals surface area contributed by atoms with Crippen LogP contribution in [0.25, 0.3) is 0 Å². The highest BCUT2D eigenvalue weighted by atomic mass is 16.5. The fraction of sp³-hybridized carbons (Fsp3) is 0.833. The molecule has 2 aliphatic rings. The monoisotopic (exact) mass is 256 g/mol. The second-order valence-electron chi connectivity index (χ2n) is 5.21. The molecule has 2 rings (SSSR count). The van der Waals surface area contributed by atoms with Gasteiger partial charge in [0, 0.05) is 13.1 Å². The van der Waals surface area contributed by atoms with Crippen molar-refractivity contribution in [3.05, 3.63) is 0 Å². The Morgan fingerprint density at radius 1 is 1.39 bits per heavy atom. The molecule has 1 aliphatic carbocycles. The van der Waals surface area contributed by atoms with Gasteiger partial charge in [0.1, 0.15) is 0 Å². The summed E-state index contributed by atoms with van der Waals surface area (Å²) in [5.74, 6) is -0.945. The maximum absolute atomic E-state index is 12.0. The van der Waals surface area contributed by atoms with Crippen molar-refractivity contribution >= 4 is 11.9 Å². The van der Waals surface area contributed by atoms with E-state index in [1.54, 1.807) is 0 Å². The highest BCUT2D eigenvalue weighted by molar-refractivity contribution is 5.83. The molecule has 6 nitrogen and oxygen atoms in total. The van der Waals surface area contributed by atoms with E-state index >= 15 is 0 Å². The molecular formula is C12H20N2O4. The summed E-state index contributed by atoms with van der Waals surface area (Å²) in [5, 5.41) is 11.6. The van der Waals surface area contributed by atoms with E-state index in [-0.39, 0.29) is 17.4 Å². The maximum atomic E-state index is 12.0. The number of rotatable bonds is 5. The lowest BCUT2D eigenvalue weighted by atomic mass is 9.68. The van der Waals surface area contributed by atoms with Crippen LogP contribution in [0, 0.1) is 5.41 Å². The summed E-state index contributed by atoms with van der Waals surface area (Å²) in [6.07, 6.45) is 3.01. The molecule has 6 heteroatoms. The third-order valence-electron chi connectivity index (χ3n) is 4.06. The van der Waals surface area contributed by atoms with Gasteiger partial charge < -0.3 is 20.9 Å². The predicted molar refractivity (Wildman–Crippen MR) is 63.9 cm³/mol. The zero-order valence-corrected chi connectivity index (χ0v) is 10.4. The van der Waals surface area contributed by atoms with Crippen LogP contribution in [0.1, 0.15) is 32.1 Å². The lowest BCUT2D eigenvalue weighted by Crippen LogP contribution is -2.51. The molecule has 18 heavy (non-hydrogen) atoms. The fourth-order valence-corrected chi connectivity index (χ4v) is 2.56. The maximum Gasteiger partial charge on any atom is 0.332 e. The topological polar surface area (TPSA) is 102 Å². The molecule has 1 aliphatic heterocycles. The predicted octanol–water partition coefficient (Wildman–Crippen LogP) is -0.136. The van der Waals surface area contributed by atoms with Crippen molar-refractivity contribution in [1.82, 2.24) is 5.32 Å². The number of aliphatic carboxylic acids is 1. The molecule has 0 radical (unpaired) electrons. The Balaban J connectivity index is 1.75. The molecule has 2 atom stereocenters. The number of amides is 1. The van der Waals surface area contributed by atoms with Crippen LogP contribution in [0.15, 0.2) is 0 Å². The molecule has 102 valence electrons. The smallest absolute Gasteiger partial charge is 0.332 e. The van der Waals surface area contributed by atoms with E-state index in [0.717, 1.165) is 19.3 Å². The van der Waals surface area contributed by atoms with Gasteiger partial charge in [0.05, 0.1) is 11.5 Å². The third-order valence-corrected chi connectivity index (χ3v) is 4.06. The Hall–Kier alpha value is -1.14.